The van der Waals surface area contributed by atoms with Crippen LogP contribution in [-0.4, -0.2) is 35.0 Å². The molecule has 1 saturated heterocycles. The molecule has 0 bridgehead atoms. The van der Waals surface area contributed by atoms with Gasteiger partial charge in [-0.2, -0.15) is 0 Å². The molecule has 4 nitrogen and oxygen atoms in total. The molecule has 0 aromatic carbocycles. The number of rotatable bonds is 2. The molecule has 80 valence electrons. The number of amides is 1. The SMILES string of the molecule is CCN1CCCCCC(C(=O)O)C1=O. The summed E-state index contributed by atoms with van der Waals surface area (Å²) in [4.78, 5) is 24.2. The van der Waals surface area contributed by atoms with Crippen LogP contribution in [0.4, 0.5) is 0 Å². The number of hydrogen-bond donors (Lipinski definition) is 1. The molecule has 1 heterocycles. The number of aliphatic carboxylic acids is 1. The number of hydrogen-bond acceptors (Lipinski definition) is 2. The first kappa shape index (κ1) is 11.0. The van der Waals surface area contributed by atoms with Gasteiger partial charge in [0, 0.05) is 13.1 Å². The Balaban J connectivity index is 2.71. The zero-order chi connectivity index (χ0) is 10.6. The monoisotopic (exact) mass is 199 g/mol. The molecule has 0 radical (unpaired) electrons. The smallest absolute Gasteiger partial charge is 0.316 e. The van der Waals surface area contributed by atoms with Gasteiger partial charge in [-0.1, -0.05) is 12.8 Å². The van der Waals surface area contributed by atoms with E-state index < -0.39 is 11.9 Å². The molecule has 1 fully saturated rings. The average Bonchev–Trinajstić information content (AvgIpc) is 2.12. The molecule has 0 aromatic heterocycles. The van der Waals surface area contributed by atoms with Crippen molar-refractivity contribution in [3.05, 3.63) is 0 Å². The summed E-state index contributed by atoms with van der Waals surface area (Å²) in [6, 6.07) is 0. The maximum absolute atomic E-state index is 11.7. The van der Waals surface area contributed by atoms with E-state index in [-0.39, 0.29) is 5.91 Å². The quantitative estimate of drug-likeness (QED) is 0.678. The molecule has 14 heavy (non-hydrogen) atoms. The van der Waals surface area contributed by atoms with E-state index in [1.807, 2.05) is 6.92 Å². The highest BCUT2D eigenvalue weighted by atomic mass is 16.4. The second-order valence-corrected chi connectivity index (χ2v) is 3.66. The van der Waals surface area contributed by atoms with Gasteiger partial charge < -0.3 is 10.0 Å². The Morgan fingerprint density at radius 1 is 1.50 bits per heavy atom. The second kappa shape index (κ2) is 4.98. The van der Waals surface area contributed by atoms with E-state index in [1.165, 1.54) is 0 Å². The number of carbonyl (C=O) groups is 2. The van der Waals surface area contributed by atoms with E-state index in [0.29, 0.717) is 19.5 Å². The highest BCUT2D eigenvalue weighted by Crippen LogP contribution is 2.17. The Kier molecular flexibility index (Phi) is 3.92. The van der Waals surface area contributed by atoms with Gasteiger partial charge >= 0.3 is 5.97 Å². The summed E-state index contributed by atoms with van der Waals surface area (Å²) < 4.78 is 0. The van der Waals surface area contributed by atoms with Crippen LogP contribution in [0.5, 0.6) is 0 Å². The maximum atomic E-state index is 11.7. The van der Waals surface area contributed by atoms with Gasteiger partial charge in [-0.25, -0.2) is 0 Å². The molecule has 1 amide bonds. The Hall–Kier alpha value is -1.06. The number of carboxylic acid groups (broad SMARTS) is 1. The van der Waals surface area contributed by atoms with Gasteiger partial charge in [0.25, 0.3) is 0 Å². The third-order valence-electron chi connectivity index (χ3n) is 2.71. The topological polar surface area (TPSA) is 57.6 Å². The van der Waals surface area contributed by atoms with Gasteiger partial charge in [-0.3, -0.25) is 9.59 Å². The minimum atomic E-state index is -0.977. The van der Waals surface area contributed by atoms with Gasteiger partial charge in [0.05, 0.1) is 0 Å². The minimum Gasteiger partial charge on any atom is -0.481 e. The summed E-state index contributed by atoms with van der Waals surface area (Å²) in [5.41, 5.74) is 0. The molecule has 0 aliphatic carbocycles. The number of likely N-dealkylation sites (tertiary alicyclic amines) is 1. The molecular weight excluding hydrogens is 182 g/mol. The molecule has 0 saturated carbocycles. The summed E-state index contributed by atoms with van der Waals surface area (Å²) >= 11 is 0. The van der Waals surface area contributed by atoms with Gasteiger partial charge in [0.15, 0.2) is 0 Å². The fourth-order valence-electron chi connectivity index (χ4n) is 1.83. The number of carbonyl (C=O) groups excluding carboxylic acids is 1. The molecule has 0 spiro atoms. The van der Waals surface area contributed by atoms with E-state index in [2.05, 4.69) is 0 Å². The fraction of sp³-hybridized carbons (Fsp3) is 0.800. The van der Waals surface area contributed by atoms with Crippen molar-refractivity contribution < 1.29 is 14.7 Å². The highest BCUT2D eigenvalue weighted by Gasteiger charge is 2.30. The van der Waals surface area contributed by atoms with Gasteiger partial charge in [-0.15, -0.1) is 0 Å². The van der Waals surface area contributed by atoms with Crippen molar-refractivity contribution in [2.24, 2.45) is 5.92 Å². The lowest BCUT2D eigenvalue weighted by Crippen LogP contribution is -2.41. The van der Waals surface area contributed by atoms with Crippen LogP contribution in [0.2, 0.25) is 0 Å². The Morgan fingerprint density at radius 3 is 2.79 bits per heavy atom. The molecule has 0 aromatic rings. The van der Waals surface area contributed by atoms with Crippen LogP contribution >= 0.6 is 0 Å². The first-order valence-electron chi connectivity index (χ1n) is 5.18. The van der Waals surface area contributed by atoms with Crippen LogP contribution in [0.15, 0.2) is 0 Å². The summed E-state index contributed by atoms with van der Waals surface area (Å²) in [6.07, 6.45) is 3.35. The van der Waals surface area contributed by atoms with Crippen molar-refractivity contribution in [1.29, 1.82) is 0 Å². The van der Waals surface area contributed by atoms with Crippen molar-refractivity contribution >= 4 is 11.9 Å². The maximum Gasteiger partial charge on any atom is 0.316 e. The van der Waals surface area contributed by atoms with E-state index >= 15 is 0 Å². The number of nitrogens with zero attached hydrogens (tertiary/aromatic N) is 1. The van der Waals surface area contributed by atoms with Gasteiger partial charge in [0.2, 0.25) is 5.91 Å². The predicted molar refractivity (Wildman–Crippen MR) is 51.8 cm³/mol. The normalized spacial score (nSPS) is 24.2. The zero-order valence-electron chi connectivity index (χ0n) is 8.53. The van der Waals surface area contributed by atoms with Crippen molar-refractivity contribution in [3.63, 3.8) is 0 Å². The number of carboxylic acids is 1. The lowest BCUT2D eigenvalue weighted by molar-refractivity contribution is -0.151. The van der Waals surface area contributed by atoms with Crippen molar-refractivity contribution in [3.8, 4) is 0 Å². The molecule has 1 unspecified atom stereocenters. The third-order valence-corrected chi connectivity index (χ3v) is 2.71. The van der Waals surface area contributed by atoms with E-state index in [1.54, 1.807) is 4.90 Å². The third kappa shape index (κ3) is 2.47. The fourth-order valence-corrected chi connectivity index (χ4v) is 1.83. The van der Waals surface area contributed by atoms with Crippen LogP contribution in [0.3, 0.4) is 0 Å². The molecule has 4 heteroatoms. The van der Waals surface area contributed by atoms with E-state index in [0.717, 1.165) is 19.3 Å². The molecule has 1 atom stereocenters. The van der Waals surface area contributed by atoms with Crippen LogP contribution in [0, 0.1) is 5.92 Å². The first-order valence-corrected chi connectivity index (χ1v) is 5.18. The minimum absolute atomic E-state index is 0.209. The lowest BCUT2D eigenvalue weighted by atomic mass is 9.97. The summed E-state index contributed by atoms with van der Waals surface area (Å²) in [6.45, 7) is 3.21. The summed E-state index contributed by atoms with van der Waals surface area (Å²) in [5, 5.41) is 8.89. The average molecular weight is 199 g/mol. The van der Waals surface area contributed by atoms with Crippen LogP contribution in [0.25, 0.3) is 0 Å². The Bertz CT molecular complexity index is 227. The molecule has 1 aliphatic rings. The van der Waals surface area contributed by atoms with Crippen LogP contribution in [-0.2, 0) is 9.59 Å². The first-order chi connectivity index (χ1) is 6.66. The summed E-state index contributed by atoms with van der Waals surface area (Å²) in [5.74, 6) is -2.00. The van der Waals surface area contributed by atoms with Crippen molar-refractivity contribution in [1.82, 2.24) is 4.90 Å². The largest absolute Gasteiger partial charge is 0.481 e. The second-order valence-electron chi connectivity index (χ2n) is 3.66. The predicted octanol–water partition coefficient (Wildman–Crippen LogP) is 1.11. The zero-order valence-corrected chi connectivity index (χ0v) is 8.53. The molecule has 1 aliphatic heterocycles. The van der Waals surface area contributed by atoms with Crippen molar-refractivity contribution in [2.45, 2.75) is 32.6 Å². The Morgan fingerprint density at radius 2 is 2.21 bits per heavy atom. The van der Waals surface area contributed by atoms with Gasteiger partial charge in [0.1, 0.15) is 5.92 Å². The van der Waals surface area contributed by atoms with Crippen LogP contribution in [0.1, 0.15) is 32.6 Å². The van der Waals surface area contributed by atoms with E-state index in [9.17, 15) is 9.59 Å². The standard InChI is InChI=1S/C10H17NO3/c1-2-11-7-5-3-4-6-8(9(11)12)10(13)14/h8H,2-7H2,1H3,(H,13,14). The lowest BCUT2D eigenvalue weighted by Gasteiger charge is -2.26. The molecular formula is C10H17NO3. The van der Waals surface area contributed by atoms with Crippen molar-refractivity contribution in [2.75, 3.05) is 13.1 Å². The van der Waals surface area contributed by atoms with E-state index in [4.69, 9.17) is 5.11 Å². The summed E-state index contributed by atoms with van der Waals surface area (Å²) in [7, 11) is 0. The van der Waals surface area contributed by atoms with Crippen LogP contribution < -0.4 is 0 Å². The molecule has 1 N–H and O–H groups in total. The Labute approximate surface area is 83.9 Å². The highest BCUT2D eigenvalue weighted by molar-refractivity contribution is 5.96. The molecule has 1 rings (SSSR count). The van der Waals surface area contributed by atoms with Gasteiger partial charge in [-0.05, 0) is 19.8 Å².